The van der Waals surface area contributed by atoms with Crippen LogP contribution in [-0.2, 0) is 0 Å². The second kappa shape index (κ2) is 6.93. The van der Waals surface area contributed by atoms with Crippen LogP contribution in [0.15, 0.2) is 53.6 Å². The summed E-state index contributed by atoms with van der Waals surface area (Å²) in [6, 6.07) is 16.5. The minimum absolute atomic E-state index is 0.474. The monoisotopic (exact) mass is 336 g/mol. The molecule has 0 unspecified atom stereocenters. The van der Waals surface area contributed by atoms with Gasteiger partial charge in [0.05, 0.1) is 6.21 Å². The number of aromatic nitrogens is 3. The summed E-state index contributed by atoms with van der Waals surface area (Å²) in [5.74, 6) is 1.23. The summed E-state index contributed by atoms with van der Waals surface area (Å²) in [5.41, 5.74) is 4.49. The topological polar surface area (TPSA) is 46.0 Å². The highest BCUT2D eigenvalue weighted by atomic mass is 32.1. The molecule has 0 bridgehead atoms. The standard InChI is InChI=1S/C19H20N4S/c1-13(2)16-9-7-15(8-10-16)12-20-23-18(21-22-19(23)24)17-6-4-5-14(3)11-17/h4-13H,1-3H3,(H,22,24)/b20-12-. The van der Waals surface area contributed by atoms with Crippen LogP contribution in [0.2, 0.25) is 0 Å². The Morgan fingerprint density at radius 2 is 1.92 bits per heavy atom. The van der Waals surface area contributed by atoms with Crippen molar-refractivity contribution in [3.8, 4) is 11.4 Å². The van der Waals surface area contributed by atoms with Gasteiger partial charge in [-0.2, -0.15) is 14.9 Å². The number of benzene rings is 2. The molecule has 5 heteroatoms. The number of hydrogen-bond donors (Lipinski definition) is 1. The first kappa shape index (κ1) is 16.3. The van der Waals surface area contributed by atoms with E-state index in [9.17, 15) is 0 Å². The van der Waals surface area contributed by atoms with Gasteiger partial charge in [0.1, 0.15) is 0 Å². The summed E-state index contributed by atoms with van der Waals surface area (Å²) in [7, 11) is 0. The third-order valence-corrected chi connectivity index (χ3v) is 4.12. The largest absolute Gasteiger partial charge is 0.250 e. The van der Waals surface area contributed by atoms with Crippen molar-refractivity contribution in [2.24, 2.45) is 5.10 Å². The molecule has 0 aliphatic heterocycles. The van der Waals surface area contributed by atoms with Crippen molar-refractivity contribution in [1.82, 2.24) is 14.9 Å². The van der Waals surface area contributed by atoms with Gasteiger partial charge in [-0.05, 0) is 42.3 Å². The molecule has 0 amide bonds. The van der Waals surface area contributed by atoms with Gasteiger partial charge in [-0.1, -0.05) is 61.9 Å². The lowest BCUT2D eigenvalue weighted by atomic mass is 10.0. The fourth-order valence-electron chi connectivity index (χ4n) is 2.46. The summed E-state index contributed by atoms with van der Waals surface area (Å²) in [6.07, 6.45) is 1.80. The van der Waals surface area contributed by atoms with E-state index < -0.39 is 0 Å². The minimum atomic E-state index is 0.474. The van der Waals surface area contributed by atoms with E-state index in [1.165, 1.54) is 11.1 Å². The summed E-state index contributed by atoms with van der Waals surface area (Å²) in [6.45, 7) is 6.42. The second-order valence-electron chi connectivity index (χ2n) is 6.10. The molecule has 0 spiro atoms. The van der Waals surface area contributed by atoms with Gasteiger partial charge < -0.3 is 0 Å². The van der Waals surface area contributed by atoms with Crippen LogP contribution < -0.4 is 0 Å². The van der Waals surface area contributed by atoms with E-state index in [4.69, 9.17) is 12.2 Å². The molecule has 1 aromatic heterocycles. The van der Waals surface area contributed by atoms with Crippen molar-refractivity contribution in [2.45, 2.75) is 26.7 Å². The highest BCUT2D eigenvalue weighted by molar-refractivity contribution is 7.71. The van der Waals surface area contributed by atoms with Crippen LogP contribution >= 0.6 is 12.2 Å². The number of rotatable bonds is 4. The third-order valence-electron chi connectivity index (χ3n) is 3.85. The molecule has 24 heavy (non-hydrogen) atoms. The molecule has 122 valence electrons. The molecule has 0 atom stereocenters. The first-order chi connectivity index (χ1) is 11.5. The van der Waals surface area contributed by atoms with Crippen molar-refractivity contribution in [3.63, 3.8) is 0 Å². The van der Waals surface area contributed by atoms with Gasteiger partial charge in [-0.15, -0.1) is 0 Å². The highest BCUT2D eigenvalue weighted by Gasteiger charge is 2.08. The molecule has 1 heterocycles. The lowest BCUT2D eigenvalue weighted by Crippen LogP contribution is -1.95. The fraction of sp³-hybridized carbons (Fsp3) is 0.211. The van der Waals surface area contributed by atoms with E-state index in [0.29, 0.717) is 16.5 Å². The molecule has 0 aliphatic rings. The van der Waals surface area contributed by atoms with Crippen molar-refractivity contribution in [2.75, 3.05) is 0 Å². The van der Waals surface area contributed by atoms with Gasteiger partial charge in [0.2, 0.25) is 4.77 Å². The SMILES string of the molecule is Cc1cccc(-c2n[nH]c(=S)n2/N=C\c2ccc(C(C)C)cc2)c1. The molecule has 0 radical (unpaired) electrons. The minimum Gasteiger partial charge on any atom is -0.250 e. The van der Waals surface area contributed by atoms with Gasteiger partial charge in [0, 0.05) is 5.56 Å². The molecule has 0 aliphatic carbocycles. The van der Waals surface area contributed by atoms with Crippen LogP contribution in [0.4, 0.5) is 0 Å². The number of nitrogens with one attached hydrogen (secondary N) is 1. The van der Waals surface area contributed by atoms with Gasteiger partial charge in [-0.25, -0.2) is 5.10 Å². The Morgan fingerprint density at radius 3 is 2.58 bits per heavy atom. The Morgan fingerprint density at radius 1 is 1.17 bits per heavy atom. The predicted molar refractivity (Wildman–Crippen MR) is 101 cm³/mol. The van der Waals surface area contributed by atoms with Crippen LogP contribution in [0.5, 0.6) is 0 Å². The smallest absolute Gasteiger partial charge is 0.216 e. The number of hydrogen-bond acceptors (Lipinski definition) is 3. The van der Waals surface area contributed by atoms with E-state index in [1.807, 2.05) is 12.1 Å². The highest BCUT2D eigenvalue weighted by Crippen LogP contribution is 2.18. The molecule has 2 aromatic carbocycles. The summed E-state index contributed by atoms with van der Waals surface area (Å²) >= 11 is 5.31. The van der Waals surface area contributed by atoms with Gasteiger partial charge in [0.25, 0.3) is 0 Å². The normalized spacial score (nSPS) is 11.5. The Bertz CT molecular complexity index is 917. The quantitative estimate of drug-likeness (QED) is 0.543. The first-order valence-electron chi connectivity index (χ1n) is 7.93. The van der Waals surface area contributed by atoms with Crippen molar-refractivity contribution in [3.05, 3.63) is 70.0 Å². The Labute approximate surface area is 146 Å². The maximum Gasteiger partial charge on any atom is 0.216 e. The van der Waals surface area contributed by atoms with E-state index in [1.54, 1.807) is 10.9 Å². The molecular formula is C19H20N4S. The molecule has 0 saturated carbocycles. The lowest BCUT2D eigenvalue weighted by molar-refractivity contribution is 0.865. The zero-order chi connectivity index (χ0) is 17.1. The van der Waals surface area contributed by atoms with E-state index in [2.05, 4.69) is 72.5 Å². The zero-order valence-corrected chi connectivity index (χ0v) is 14.8. The van der Waals surface area contributed by atoms with Crippen LogP contribution in [0, 0.1) is 11.7 Å². The van der Waals surface area contributed by atoms with Crippen LogP contribution in [0.3, 0.4) is 0 Å². The molecule has 0 saturated heterocycles. The van der Waals surface area contributed by atoms with E-state index in [0.717, 1.165) is 11.1 Å². The fourth-order valence-corrected chi connectivity index (χ4v) is 2.64. The Hall–Kier alpha value is -2.53. The maximum absolute atomic E-state index is 5.31. The van der Waals surface area contributed by atoms with Gasteiger partial charge >= 0.3 is 0 Å². The van der Waals surface area contributed by atoms with Crippen LogP contribution in [0.25, 0.3) is 11.4 Å². The molecule has 0 fully saturated rings. The number of H-pyrrole nitrogens is 1. The van der Waals surface area contributed by atoms with Gasteiger partial charge in [0.15, 0.2) is 5.82 Å². The molecule has 3 rings (SSSR count). The Kier molecular flexibility index (Phi) is 4.71. The average molecular weight is 336 g/mol. The number of aromatic amines is 1. The molecule has 3 aromatic rings. The first-order valence-corrected chi connectivity index (χ1v) is 8.34. The van der Waals surface area contributed by atoms with Crippen molar-refractivity contribution >= 4 is 18.4 Å². The van der Waals surface area contributed by atoms with Crippen LogP contribution in [0.1, 0.15) is 36.5 Å². The molecule has 1 N–H and O–H groups in total. The van der Waals surface area contributed by atoms with Gasteiger partial charge in [-0.3, -0.25) is 0 Å². The third kappa shape index (κ3) is 3.51. The van der Waals surface area contributed by atoms with E-state index in [-0.39, 0.29) is 0 Å². The Balaban J connectivity index is 1.93. The zero-order valence-electron chi connectivity index (χ0n) is 14.0. The predicted octanol–water partition coefficient (Wildman–Crippen LogP) is 4.92. The molecular weight excluding hydrogens is 316 g/mol. The maximum atomic E-state index is 5.31. The number of aryl methyl sites for hydroxylation is 1. The summed E-state index contributed by atoms with van der Waals surface area (Å²) in [4.78, 5) is 0. The van der Waals surface area contributed by atoms with Crippen LogP contribution in [-0.4, -0.2) is 21.1 Å². The average Bonchev–Trinajstić information content (AvgIpc) is 2.94. The van der Waals surface area contributed by atoms with E-state index >= 15 is 0 Å². The lowest BCUT2D eigenvalue weighted by Gasteiger charge is -2.05. The summed E-state index contributed by atoms with van der Waals surface area (Å²) in [5, 5.41) is 11.6. The van der Waals surface area contributed by atoms with Crippen molar-refractivity contribution in [1.29, 1.82) is 0 Å². The molecule has 4 nitrogen and oxygen atoms in total. The summed E-state index contributed by atoms with van der Waals surface area (Å²) < 4.78 is 2.13. The second-order valence-corrected chi connectivity index (χ2v) is 6.49. The number of nitrogens with zero attached hydrogens (tertiary/aromatic N) is 3. The van der Waals surface area contributed by atoms with Crippen molar-refractivity contribution < 1.29 is 0 Å².